The minimum Gasteiger partial charge on any atom is -0.483 e. The number of nitrogens with two attached hydrogens (primary N) is 1. The molecule has 0 aliphatic carbocycles. The third-order valence-corrected chi connectivity index (χ3v) is 4.95. The number of halogens is 3. The van der Waals surface area contributed by atoms with Crippen LogP contribution in [0.3, 0.4) is 0 Å². The topological polar surface area (TPSA) is 110 Å². The molecule has 3 N–H and O–H groups in total. The van der Waals surface area contributed by atoms with Crippen molar-refractivity contribution in [1.82, 2.24) is 4.90 Å². The molecule has 7 nitrogen and oxygen atoms in total. The van der Waals surface area contributed by atoms with Crippen molar-refractivity contribution < 1.29 is 37.4 Å². The maximum absolute atomic E-state index is 13.1. The van der Waals surface area contributed by atoms with E-state index in [4.69, 9.17) is 10.5 Å². The Bertz CT molecular complexity index is 1010. The van der Waals surface area contributed by atoms with Gasteiger partial charge in [-0.25, -0.2) is 0 Å². The third kappa shape index (κ3) is 4.79. The first-order chi connectivity index (χ1) is 14.6. The third-order valence-electron chi connectivity index (χ3n) is 4.95. The minimum absolute atomic E-state index is 0.0314. The number of ether oxygens (including phenoxy) is 1. The van der Waals surface area contributed by atoms with E-state index in [1.165, 1.54) is 36.4 Å². The number of fused-ring (bicyclic) bond motifs is 1. The second-order valence-electron chi connectivity index (χ2n) is 7.00. The van der Waals surface area contributed by atoms with Gasteiger partial charge in [-0.05, 0) is 17.7 Å². The van der Waals surface area contributed by atoms with Crippen LogP contribution in [0.25, 0.3) is 0 Å². The molecule has 0 fully saturated rings. The lowest BCUT2D eigenvalue weighted by Crippen LogP contribution is -2.46. The Morgan fingerprint density at radius 2 is 1.68 bits per heavy atom. The average molecular weight is 436 g/mol. The molecule has 2 aromatic carbocycles. The maximum atomic E-state index is 13.1. The van der Waals surface area contributed by atoms with Gasteiger partial charge in [-0.3, -0.25) is 14.4 Å². The van der Waals surface area contributed by atoms with Crippen LogP contribution in [-0.2, 0) is 9.59 Å². The number of hydrogen-bond donors (Lipinski definition) is 2. The SMILES string of the molecule is NC(=O)COc1ccccc1C1C(C(=O)O)c2ccccc2C(=O)N1CCC(F)(F)F. The van der Waals surface area contributed by atoms with E-state index in [1.54, 1.807) is 12.1 Å². The molecule has 0 saturated heterocycles. The molecule has 164 valence electrons. The zero-order chi connectivity index (χ0) is 22.8. The first kappa shape index (κ1) is 22.1. The lowest BCUT2D eigenvalue weighted by atomic mass is 9.79. The number of benzene rings is 2. The lowest BCUT2D eigenvalue weighted by Gasteiger charge is -2.41. The number of carboxylic acids is 1. The molecule has 2 aromatic rings. The molecule has 0 radical (unpaired) electrons. The van der Waals surface area contributed by atoms with Crippen LogP contribution in [0.2, 0.25) is 0 Å². The molecule has 2 amide bonds. The smallest absolute Gasteiger partial charge is 0.390 e. The van der Waals surface area contributed by atoms with Gasteiger partial charge in [-0.2, -0.15) is 13.2 Å². The van der Waals surface area contributed by atoms with E-state index in [1.807, 2.05) is 0 Å². The van der Waals surface area contributed by atoms with E-state index in [0.717, 1.165) is 4.90 Å². The number of rotatable bonds is 7. The predicted molar refractivity (Wildman–Crippen MR) is 102 cm³/mol. The molecule has 31 heavy (non-hydrogen) atoms. The number of alkyl halides is 3. The normalized spacial score (nSPS) is 18.4. The molecule has 0 bridgehead atoms. The van der Waals surface area contributed by atoms with Gasteiger partial charge >= 0.3 is 12.1 Å². The van der Waals surface area contributed by atoms with E-state index in [2.05, 4.69) is 0 Å². The molecule has 0 spiro atoms. The Balaban J connectivity index is 2.16. The van der Waals surface area contributed by atoms with Crippen LogP contribution in [0.4, 0.5) is 13.2 Å². The highest BCUT2D eigenvalue weighted by Gasteiger charge is 2.46. The van der Waals surface area contributed by atoms with Crippen LogP contribution in [0.15, 0.2) is 48.5 Å². The summed E-state index contributed by atoms with van der Waals surface area (Å²) in [4.78, 5) is 37.4. The van der Waals surface area contributed by atoms with E-state index < -0.39 is 55.5 Å². The zero-order valence-electron chi connectivity index (χ0n) is 16.1. The quantitative estimate of drug-likeness (QED) is 0.694. The largest absolute Gasteiger partial charge is 0.483 e. The molecule has 3 rings (SSSR count). The van der Waals surface area contributed by atoms with Gasteiger partial charge in [0.1, 0.15) is 11.7 Å². The number of carboxylic acid groups (broad SMARTS) is 1. The Morgan fingerprint density at radius 1 is 1.06 bits per heavy atom. The van der Waals surface area contributed by atoms with Gasteiger partial charge in [0.25, 0.3) is 11.8 Å². The Hall–Kier alpha value is -3.56. The summed E-state index contributed by atoms with van der Waals surface area (Å²) >= 11 is 0. The fourth-order valence-corrected chi connectivity index (χ4v) is 3.70. The number of amides is 2. The molecular weight excluding hydrogens is 417 g/mol. The monoisotopic (exact) mass is 436 g/mol. The van der Waals surface area contributed by atoms with Gasteiger partial charge in [-0.15, -0.1) is 0 Å². The molecule has 2 atom stereocenters. The number of carbonyl (C=O) groups excluding carboxylic acids is 2. The summed E-state index contributed by atoms with van der Waals surface area (Å²) in [5.41, 5.74) is 5.50. The van der Waals surface area contributed by atoms with Crippen molar-refractivity contribution in [2.24, 2.45) is 5.73 Å². The van der Waals surface area contributed by atoms with Crippen molar-refractivity contribution in [3.05, 3.63) is 65.2 Å². The first-order valence-corrected chi connectivity index (χ1v) is 9.29. The minimum atomic E-state index is -4.55. The fraction of sp³-hybridized carbons (Fsp3) is 0.286. The lowest BCUT2D eigenvalue weighted by molar-refractivity contribution is -0.142. The molecule has 1 aliphatic heterocycles. The number of carbonyl (C=O) groups is 3. The number of primary amides is 1. The fourth-order valence-electron chi connectivity index (χ4n) is 3.70. The second kappa shape index (κ2) is 8.66. The van der Waals surface area contributed by atoms with Crippen molar-refractivity contribution in [3.8, 4) is 5.75 Å². The van der Waals surface area contributed by atoms with Crippen molar-refractivity contribution in [3.63, 3.8) is 0 Å². The van der Waals surface area contributed by atoms with Gasteiger partial charge < -0.3 is 20.5 Å². The Kier molecular flexibility index (Phi) is 6.19. The van der Waals surface area contributed by atoms with Crippen LogP contribution < -0.4 is 10.5 Å². The van der Waals surface area contributed by atoms with Gasteiger partial charge in [0.05, 0.1) is 12.5 Å². The molecule has 0 aromatic heterocycles. The summed E-state index contributed by atoms with van der Waals surface area (Å²) in [6.07, 6.45) is -5.86. The first-order valence-electron chi connectivity index (χ1n) is 9.29. The van der Waals surface area contributed by atoms with Crippen LogP contribution in [0, 0.1) is 0 Å². The standard InChI is InChI=1S/C21H19F3N2O5/c22-21(23,24)9-10-26-18(14-7-3-4-8-15(14)31-11-16(25)27)17(20(29)30)12-5-1-2-6-13(12)19(26)28/h1-8,17-18H,9-11H2,(H2,25,27)(H,29,30). The van der Waals surface area contributed by atoms with Gasteiger partial charge in [0, 0.05) is 17.7 Å². The van der Waals surface area contributed by atoms with Gasteiger partial charge in [-0.1, -0.05) is 36.4 Å². The van der Waals surface area contributed by atoms with Crippen LogP contribution >= 0.6 is 0 Å². The van der Waals surface area contributed by atoms with Crippen LogP contribution in [-0.4, -0.2) is 47.1 Å². The van der Waals surface area contributed by atoms with E-state index in [9.17, 15) is 32.7 Å². The molecule has 0 saturated carbocycles. The summed E-state index contributed by atoms with van der Waals surface area (Å²) in [5, 5.41) is 9.98. The second-order valence-corrected chi connectivity index (χ2v) is 7.00. The van der Waals surface area contributed by atoms with Gasteiger partial charge in [0.15, 0.2) is 6.61 Å². The van der Waals surface area contributed by atoms with Crippen LogP contribution in [0.5, 0.6) is 5.75 Å². The summed E-state index contributed by atoms with van der Waals surface area (Å²) in [5.74, 6) is -4.11. The predicted octanol–water partition coefficient (Wildman–Crippen LogP) is 2.87. The van der Waals surface area contributed by atoms with Crippen LogP contribution in [0.1, 0.15) is 39.9 Å². The number of para-hydroxylation sites is 1. The number of aliphatic carboxylic acids is 1. The molecule has 2 unspecified atom stereocenters. The van der Waals surface area contributed by atoms with E-state index in [-0.39, 0.29) is 22.4 Å². The number of nitrogens with zero attached hydrogens (tertiary/aromatic N) is 1. The Labute approximate surface area is 175 Å². The molecular formula is C21H19F3N2O5. The summed E-state index contributed by atoms with van der Waals surface area (Å²) in [7, 11) is 0. The summed E-state index contributed by atoms with van der Waals surface area (Å²) < 4.78 is 44.3. The molecule has 10 heteroatoms. The summed E-state index contributed by atoms with van der Waals surface area (Å²) in [6, 6.07) is 10.6. The summed E-state index contributed by atoms with van der Waals surface area (Å²) in [6.45, 7) is -1.26. The van der Waals surface area contributed by atoms with Crippen molar-refractivity contribution in [2.75, 3.05) is 13.2 Å². The Morgan fingerprint density at radius 3 is 2.29 bits per heavy atom. The maximum Gasteiger partial charge on any atom is 0.390 e. The molecule has 1 aliphatic rings. The highest BCUT2D eigenvalue weighted by molar-refractivity contribution is 6.00. The highest BCUT2D eigenvalue weighted by atomic mass is 19.4. The highest BCUT2D eigenvalue weighted by Crippen LogP contribution is 2.45. The van der Waals surface area contributed by atoms with E-state index in [0.29, 0.717) is 0 Å². The van der Waals surface area contributed by atoms with Crippen molar-refractivity contribution in [2.45, 2.75) is 24.6 Å². The van der Waals surface area contributed by atoms with E-state index >= 15 is 0 Å². The molecule has 1 heterocycles. The van der Waals surface area contributed by atoms with Crippen molar-refractivity contribution >= 4 is 17.8 Å². The zero-order valence-corrected chi connectivity index (χ0v) is 16.1. The average Bonchev–Trinajstić information content (AvgIpc) is 2.70. The van der Waals surface area contributed by atoms with Crippen molar-refractivity contribution in [1.29, 1.82) is 0 Å². The van der Waals surface area contributed by atoms with Gasteiger partial charge in [0.2, 0.25) is 0 Å². The number of hydrogen-bond acceptors (Lipinski definition) is 4.